The van der Waals surface area contributed by atoms with E-state index >= 15 is 0 Å². The lowest BCUT2D eigenvalue weighted by atomic mass is 9.52. The number of nitrogens with one attached hydrogen (secondary N) is 1. The highest BCUT2D eigenvalue weighted by atomic mass is 16.3. The Hall–Kier alpha value is -2.80. The molecule has 7 heteroatoms. The molecule has 2 N–H and O–H groups in total. The fourth-order valence-corrected chi connectivity index (χ4v) is 7.65. The molecule has 1 aromatic carbocycles. The van der Waals surface area contributed by atoms with Crippen molar-refractivity contribution in [2.45, 2.75) is 56.7 Å². The summed E-state index contributed by atoms with van der Waals surface area (Å²) in [5.41, 5.74) is 2.46. The lowest BCUT2D eigenvalue weighted by molar-refractivity contribution is -0.136. The number of aromatic nitrogens is 1. The molecule has 36 heavy (non-hydrogen) atoms. The van der Waals surface area contributed by atoms with Crippen molar-refractivity contribution >= 4 is 23.1 Å². The lowest BCUT2D eigenvalue weighted by Crippen LogP contribution is -2.61. The Labute approximate surface area is 214 Å². The number of hydrogen-bond acceptors (Lipinski definition) is 6. The van der Waals surface area contributed by atoms with Gasteiger partial charge in [-0.05, 0) is 93.2 Å². The zero-order valence-electron chi connectivity index (χ0n) is 21.7. The van der Waals surface area contributed by atoms with E-state index in [0.717, 1.165) is 57.6 Å². The predicted octanol–water partition coefficient (Wildman–Crippen LogP) is 3.53. The summed E-state index contributed by atoms with van der Waals surface area (Å²) in [7, 11) is 4.12. The van der Waals surface area contributed by atoms with Gasteiger partial charge in [-0.15, -0.1) is 0 Å². The van der Waals surface area contributed by atoms with Crippen molar-refractivity contribution in [3.63, 3.8) is 0 Å². The van der Waals surface area contributed by atoms with Crippen molar-refractivity contribution in [2.75, 3.05) is 48.4 Å². The Balaban J connectivity index is 1.11. The van der Waals surface area contributed by atoms with Gasteiger partial charge in [0.2, 0.25) is 0 Å². The molecule has 5 aliphatic rings. The molecule has 2 heterocycles. The highest BCUT2D eigenvalue weighted by Crippen LogP contribution is 2.55. The van der Waals surface area contributed by atoms with Crippen LogP contribution in [0.25, 0.3) is 0 Å². The third kappa shape index (κ3) is 4.32. The Morgan fingerprint density at radius 1 is 1.06 bits per heavy atom. The van der Waals surface area contributed by atoms with Crippen LogP contribution in [0.15, 0.2) is 42.5 Å². The second kappa shape index (κ2) is 8.94. The molecule has 2 aromatic rings. The Bertz CT molecular complexity index is 1100. The van der Waals surface area contributed by atoms with E-state index < -0.39 is 5.60 Å². The number of piperazine rings is 1. The second-order valence-electron chi connectivity index (χ2n) is 12.0. The van der Waals surface area contributed by atoms with Gasteiger partial charge < -0.3 is 25.1 Å². The van der Waals surface area contributed by atoms with Crippen LogP contribution in [-0.4, -0.2) is 67.4 Å². The van der Waals surface area contributed by atoms with Crippen molar-refractivity contribution in [1.29, 1.82) is 0 Å². The van der Waals surface area contributed by atoms with Gasteiger partial charge in [0.05, 0.1) is 5.60 Å². The minimum atomic E-state index is -0.484. The molecule has 4 bridgehead atoms. The monoisotopic (exact) mass is 489 g/mol. The minimum absolute atomic E-state index is 0.0754. The number of hydrogen-bond donors (Lipinski definition) is 2. The Kier molecular flexibility index (Phi) is 5.86. The number of amides is 1. The molecular formula is C29H39N5O2. The van der Waals surface area contributed by atoms with Crippen LogP contribution < -0.4 is 20.0 Å². The normalized spacial score (nSPS) is 33.1. The summed E-state index contributed by atoms with van der Waals surface area (Å²) in [6, 6.07) is 15.0. The van der Waals surface area contributed by atoms with Crippen LogP contribution in [0.5, 0.6) is 0 Å². The average Bonchev–Trinajstić information content (AvgIpc) is 2.85. The molecule has 4 saturated carbocycles. The van der Waals surface area contributed by atoms with Crippen LogP contribution in [-0.2, 0) is 0 Å². The molecule has 0 radical (unpaired) electrons. The van der Waals surface area contributed by atoms with Crippen LogP contribution in [0.3, 0.4) is 0 Å². The molecule has 7 rings (SSSR count). The topological polar surface area (TPSA) is 71.9 Å². The van der Waals surface area contributed by atoms with E-state index in [9.17, 15) is 9.90 Å². The van der Waals surface area contributed by atoms with Crippen molar-refractivity contribution in [2.24, 2.45) is 17.8 Å². The molecule has 1 saturated heterocycles. The number of pyridine rings is 1. The first kappa shape index (κ1) is 23.6. The van der Waals surface area contributed by atoms with Crippen molar-refractivity contribution in [3.05, 3.63) is 48.2 Å². The first-order valence-electron chi connectivity index (χ1n) is 13.6. The van der Waals surface area contributed by atoms with Crippen LogP contribution in [0, 0.1) is 17.8 Å². The van der Waals surface area contributed by atoms with Crippen LogP contribution in [0.2, 0.25) is 0 Å². The molecule has 4 aliphatic carbocycles. The van der Waals surface area contributed by atoms with E-state index in [2.05, 4.69) is 65.3 Å². The molecule has 192 valence electrons. The maximum Gasteiger partial charge on any atom is 0.270 e. The smallest absolute Gasteiger partial charge is 0.270 e. The molecule has 1 aliphatic heterocycles. The number of anilines is 3. The lowest BCUT2D eigenvalue weighted by Gasteiger charge is -2.58. The molecule has 3 atom stereocenters. The SMILES string of the molecule is CC1CN(c2ccc(N(C)C)cc2)CCN1c1cccc(C(=O)NC2C3CC4CC2CC(O)(C4)C3)n1. The van der Waals surface area contributed by atoms with Gasteiger partial charge in [-0.2, -0.15) is 0 Å². The summed E-state index contributed by atoms with van der Waals surface area (Å²) < 4.78 is 0. The summed E-state index contributed by atoms with van der Waals surface area (Å²) in [4.78, 5) is 25.0. The van der Waals surface area contributed by atoms with Crippen molar-refractivity contribution < 1.29 is 9.90 Å². The van der Waals surface area contributed by atoms with E-state index in [1.807, 2.05) is 18.2 Å². The fourth-order valence-electron chi connectivity index (χ4n) is 7.65. The van der Waals surface area contributed by atoms with Crippen LogP contribution >= 0.6 is 0 Å². The van der Waals surface area contributed by atoms with Gasteiger partial charge in [0.15, 0.2) is 0 Å². The first-order chi connectivity index (χ1) is 17.3. The number of carbonyl (C=O) groups excluding carboxylic acids is 1. The van der Waals surface area contributed by atoms with Gasteiger partial charge >= 0.3 is 0 Å². The molecule has 1 amide bonds. The summed E-state index contributed by atoms with van der Waals surface area (Å²) in [6.45, 7) is 4.92. The Morgan fingerprint density at radius 3 is 2.42 bits per heavy atom. The standard InChI is InChI=1S/C29H39N5O2/c1-19-18-33(24-9-7-23(8-10-24)32(2)3)11-12-34(19)26-6-4-5-25(30-26)28(35)31-27-21-13-20-14-22(27)17-29(36,15-20)16-21/h4-10,19-22,27,36H,11-18H2,1-3H3,(H,31,35). The van der Waals surface area contributed by atoms with Crippen LogP contribution in [0.4, 0.5) is 17.2 Å². The van der Waals surface area contributed by atoms with Gasteiger partial charge in [-0.3, -0.25) is 4.79 Å². The maximum atomic E-state index is 13.3. The fraction of sp³-hybridized carbons (Fsp3) is 0.586. The van der Waals surface area contributed by atoms with Gasteiger partial charge in [-0.1, -0.05) is 6.07 Å². The summed E-state index contributed by atoms with van der Waals surface area (Å²) in [6.07, 6.45) is 4.89. The third-order valence-electron chi connectivity index (χ3n) is 9.16. The minimum Gasteiger partial charge on any atom is -0.390 e. The van der Waals surface area contributed by atoms with E-state index in [4.69, 9.17) is 4.98 Å². The second-order valence-corrected chi connectivity index (χ2v) is 12.0. The molecule has 3 unspecified atom stereocenters. The van der Waals surface area contributed by atoms with E-state index in [1.54, 1.807) is 0 Å². The van der Waals surface area contributed by atoms with E-state index in [-0.39, 0.29) is 18.0 Å². The van der Waals surface area contributed by atoms with Crippen molar-refractivity contribution in [1.82, 2.24) is 10.3 Å². The molecule has 5 fully saturated rings. The van der Waals surface area contributed by atoms with Crippen LogP contribution in [0.1, 0.15) is 49.5 Å². The van der Waals surface area contributed by atoms with E-state index in [1.165, 1.54) is 11.4 Å². The Morgan fingerprint density at radius 2 is 1.78 bits per heavy atom. The molecular weight excluding hydrogens is 450 g/mol. The maximum absolute atomic E-state index is 13.3. The summed E-state index contributed by atoms with van der Waals surface area (Å²) >= 11 is 0. The third-order valence-corrected chi connectivity index (χ3v) is 9.16. The number of nitrogens with zero attached hydrogens (tertiary/aromatic N) is 4. The highest BCUT2D eigenvalue weighted by Gasteiger charge is 2.55. The summed E-state index contributed by atoms with van der Waals surface area (Å²) in [5.74, 6) is 2.22. The number of rotatable bonds is 5. The van der Waals surface area contributed by atoms with E-state index in [0.29, 0.717) is 23.4 Å². The van der Waals surface area contributed by atoms with Gasteiger partial charge in [-0.25, -0.2) is 4.98 Å². The van der Waals surface area contributed by atoms with Gasteiger partial charge in [0, 0.05) is 57.2 Å². The largest absolute Gasteiger partial charge is 0.390 e. The zero-order valence-corrected chi connectivity index (χ0v) is 21.7. The summed E-state index contributed by atoms with van der Waals surface area (Å²) in [5, 5.41) is 14.2. The van der Waals surface area contributed by atoms with Gasteiger partial charge in [0.25, 0.3) is 5.91 Å². The predicted molar refractivity (Wildman–Crippen MR) is 144 cm³/mol. The molecule has 1 aromatic heterocycles. The molecule has 7 nitrogen and oxygen atoms in total. The number of aliphatic hydroxyl groups is 1. The number of carbonyl (C=O) groups is 1. The first-order valence-corrected chi connectivity index (χ1v) is 13.6. The molecule has 0 spiro atoms. The number of benzene rings is 1. The zero-order chi connectivity index (χ0) is 25.0. The highest BCUT2D eigenvalue weighted by molar-refractivity contribution is 5.93. The van der Waals surface area contributed by atoms with Crippen molar-refractivity contribution in [3.8, 4) is 0 Å². The average molecular weight is 490 g/mol. The quantitative estimate of drug-likeness (QED) is 0.670. The van der Waals surface area contributed by atoms with Gasteiger partial charge in [0.1, 0.15) is 11.5 Å².